The van der Waals surface area contributed by atoms with Crippen molar-refractivity contribution in [1.82, 2.24) is 4.90 Å². The molecule has 0 aromatic heterocycles. The molecule has 0 bridgehead atoms. The molecule has 4 nitrogen and oxygen atoms in total. The van der Waals surface area contributed by atoms with Crippen molar-refractivity contribution >= 4 is 23.6 Å². The topological polar surface area (TPSA) is 57.6 Å². The fourth-order valence-electron chi connectivity index (χ4n) is 2.16. The molecular formula is C14H17NO3S. The first kappa shape index (κ1) is 13.9. The van der Waals surface area contributed by atoms with Crippen LogP contribution in [0.15, 0.2) is 24.3 Å². The molecule has 2 rings (SSSR count). The normalized spacial score (nSPS) is 14.6. The first-order valence-corrected chi connectivity index (χ1v) is 7.50. The minimum atomic E-state index is -0.915. The largest absolute Gasteiger partial charge is 0.478 e. The Morgan fingerprint density at radius 2 is 1.89 bits per heavy atom. The summed E-state index contributed by atoms with van der Waals surface area (Å²) in [5.74, 6) is 0.230. The van der Waals surface area contributed by atoms with E-state index in [1.807, 2.05) is 11.0 Å². The van der Waals surface area contributed by atoms with Crippen molar-refractivity contribution in [3.63, 3.8) is 0 Å². The van der Waals surface area contributed by atoms with Gasteiger partial charge in [-0.15, -0.1) is 11.8 Å². The molecule has 0 radical (unpaired) electrons. The van der Waals surface area contributed by atoms with E-state index in [1.54, 1.807) is 18.2 Å². The zero-order valence-electron chi connectivity index (χ0n) is 10.7. The van der Waals surface area contributed by atoms with E-state index >= 15 is 0 Å². The predicted octanol–water partition coefficient (Wildman–Crippen LogP) is 2.24. The zero-order chi connectivity index (χ0) is 13.7. The molecule has 0 saturated carbocycles. The van der Waals surface area contributed by atoms with Gasteiger partial charge in [-0.25, -0.2) is 4.79 Å². The Kier molecular flexibility index (Phi) is 4.85. The van der Waals surface area contributed by atoms with Crippen molar-refractivity contribution in [1.29, 1.82) is 0 Å². The van der Waals surface area contributed by atoms with E-state index in [1.165, 1.54) is 11.8 Å². The molecule has 1 fully saturated rings. The lowest BCUT2D eigenvalue weighted by Crippen LogP contribution is -2.29. The summed E-state index contributed by atoms with van der Waals surface area (Å²) in [6.07, 6.45) is 2.19. The standard InChI is InChI=1S/C14H17NO3S/c16-13(15-7-3-4-8-15)10-19-9-11-5-1-2-6-12(11)14(17)18/h1-2,5-6H,3-4,7-10H2,(H,17,18). The third-order valence-electron chi connectivity index (χ3n) is 3.19. The summed E-state index contributed by atoms with van der Waals surface area (Å²) in [5, 5.41) is 9.06. The molecule has 5 heteroatoms. The van der Waals surface area contributed by atoms with Crippen LogP contribution < -0.4 is 0 Å². The van der Waals surface area contributed by atoms with E-state index in [0.717, 1.165) is 31.5 Å². The van der Waals surface area contributed by atoms with Gasteiger partial charge in [0.2, 0.25) is 5.91 Å². The molecule has 1 amide bonds. The van der Waals surface area contributed by atoms with Crippen LogP contribution in [0.5, 0.6) is 0 Å². The summed E-state index contributed by atoms with van der Waals surface area (Å²) in [6.45, 7) is 1.73. The monoisotopic (exact) mass is 279 g/mol. The third kappa shape index (κ3) is 3.73. The van der Waals surface area contributed by atoms with Crippen molar-refractivity contribution in [2.45, 2.75) is 18.6 Å². The predicted molar refractivity (Wildman–Crippen MR) is 75.4 cm³/mol. The quantitative estimate of drug-likeness (QED) is 0.898. The van der Waals surface area contributed by atoms with E-state index in [9.17, 15) is 9.59 Å². The first-order chi connectivity index (χ1) is 9.18. The van der Waals surface area contributed by atoms with Crippen molar-refractivity contribution < 1.29 is 14.7 Å². The highest BCUT2D eigenvalue weighted by molar-refractivity contribution is 7.99. The van der Waals surface area contributed by atoms with Crippen LogP contribution in [0.25, 0.3) is 0 Å². The second-order valence-electron chi connectivity index (χ2n) is 4.54. The number of aromatic carboxylic acids is 1. The van der Waals surface area contributed by atoms with Gasteiger partial charge in [0, 0.05) is 18.8 Å². The number of carbonyl (C=O) groups excluding carboxylic acids is 1. The van der Waals surface area contributed by atoms with Crippen molar-refractivity contribution in [3.8, 4) is 0 Å². The van der Waals surface area contributed by atoms with Crippen LogP contribution in [0.4, 0.5) is 0 Å². The molecule has 1 heterocycles. The average molecular weight is 279 g/mol. The summed E-state index contributed by atoms with van der Waals surface area (Å²) in [7, 11) is 0. The minimum Gasteiger partial charge on any atom is -0.478 e. The summed E-state index contributed by atoms with van der Waals surface area (Å²) < 4.78 is 0. The van der Waals surface area contributed by atoms with Crippen LogP contribution >= 0.6 is 11.8 Å². The molecule has 1 aliphatic heterocycles. The van der Waals surface area contributed by atoms with Crippen LogP contribution in [-0.4, -0.2) is 40.7 Å². The lowest BCUT2D eigenvalue weighted by atomic mass is 10.1. The van der Waals surface area contributed by atoms with Crippen LogP contribution in [0, 0.1) is 0 Å². The molecular weight excluding hydrogens is 262 g/mol. The van der Waals surface area contributed by atoms with Crippen LogP contribution in [-0.2, 0) is 10.5 Å². The Bertz CT molecular complexity index is 470. The van der Waals surface area contributed by atoms with Gasteiger partial charge in [0.15, 0.2) is 0 Å². The second kappa shape index (κ2) is 6.61. The maximum absolute atomic E-state index is 11.8. The van der Waals surface area contributed by atoms with Crippen molar-refractivity contribution in [2.24, 2.45) is 0 Å². The second-order valence-corrected chi connectivity index (χ2v) is 5.53. The van der Waals surface area contributed by atoms with Gasteiger partial charge in [-0.3, -0.25) is 4.79 Å². The molecule has 1 aliphatic rings. The lowest BCUT2D eigenvalue weighted by Gasteiger charge is -2.14. The van der Waals surface area contributed by atoms with Gasteiger partial charge >= 0.3 is 5.97 Å². The van der Waals surface area contributed by atoms with E-state index in [0.29, 0.717) is 17.1 Å². The highest BCUT2D eigenvalue weighted by Gasteiger charge is 2.17. The Morgan fingerprint density at radius 3 is 2.58 bits per heavy atom. The van der Waals surface area contributed by atoms with Gasteiger partial charge in [-0.1, -0.05) is 18.2 Å². The van der Waals surface area contributed by atoms with Gasteiger partial charge in [-0.2, -0.15) is 0 Å². The van der Waals surface area contributed by atoms with E-state index < -0.39 is 5.97 Å². The number of carbonyl (C=O) groups is 2. The average Bonchev–Trinajstić information content (AvgIpc) is 2.93. The van der Waals surface area contributed by atoms with Gasteiger partial charge in [0.25, 0.3) is 0 Å². The van der Waals surface area contributed by atoms with E-state index in [-0.39, 0.29) is 5.91 Å². The third-order valence-corrected chi connectivity index (χ3v) is 4.16. The van der Waals surface area contributed by atoms with Gasteiger partial charge in [0.05, 0.1) is 11.3 Å². The number of likely N-dealkylation sites (tertiary alicyclic amines) is 1. The van der Waals surface area contributed by atoms with Crippen LogP contribution in [0.1, 0.15) is 28.8 Å². The van der Waals surface area contributed by atoms with Crippen molar-refractivity contribution in [3.05, 3.63) is 35.4 Å². The number of nitrogens with zero attached hydrogens (tertiary/aromatic N) is 1. The molecule has 0 unspecified atom stereocenters. The Morgan fingerprint density at radius 1 is 1.21 bits per heavy atom. The van der Waals surface area contributed by atoms with Gasteiger partial charge < -0.3 is 10.0 Å². The summed E-state index contributed by atoms with van der Waals surface area (Å²) in [4.78, 5) is 24.8. The molecule has 1 aromatic rings. The smallest absolute Gasteiger partial charge is 0.335 e. The minimum absolute atomic E-state index is 0.162. The lowest BCUT2D eigenvalue weighted by molar-refractivity contribution is -0.127. The number of thioether (sulfide) groups is 1. The summed E-state index contributed by atoms with van der Waals surface area (Å²) in [5.41, 5.74) is 1.10. The van der Waals surface area contributed by atoms with Gasteiger partial charge in [-0.05, 0) is 24.5 Å². The number of carboxylic acid groups (broad SMARTS) is 1. The molecule has 0 aliphatic carbocycles. The fourth-order valence-corrected chi connectivity index (χ4v) is 3.09. The first-order valence-electron chi connectivity index (χ1n) is 6.35. The maximum Gasteiger partial charge on any atom is 0.335 e. The summed E-state index contributed by atoms with van der Waals surface area (Å²) >= 11 is 1.48. The molecule has 1 aromatic carbocycles. The zero-order valence-corrected chi connectivity index (χ0v) is 11.5. The number of benzene rings is 1. The van der Waals surface area contributed by atoms with Crippen LogP contribution in [0.3, 0.4) is 0 Å². The number of carboxylic acids is 1. The van der Waals surface area contributed by atoms with E-state index in [4.69, 9.17) is 5.11 Å². The molecule has 1 N–H and O–H groups in total. The highest BCUT2D eigenvalue weighted by atomic mass is 32.2. The number of rotatable bonds is 5. The fraction of sp³-hybridized carbons (Fsp3) is 0.429. The Hall–Kier alpha value is -1.49. The maximum atomic E-state index is 11.8. The number of hydrogen-bond donors (Lipinski definition) is 1. The molecule has 0 spiro atoms. The number of amides is 1. The van der Waals surface area contributed by atoms with Crippen LogP contribution in [0.2, 0.25) is 0 Å². The van der Waals surface area contributed by atoms with Gasteiger partial charge in [0.1, 0.15) is 0 Å². The summed E-state index contributed by atoms with van der Waals surface area (Å²) in [6, 6.07) is 6.94. The molecule has 102 valence electrons. The molecule has 1 saturated heterocycles. The molecule has 0 atom stereocenters. The van der Waals surface area contributed by atoms with Crippen molar-refractivity contribution in [2.75, 3.05) is 18.8 Å². The Labute approximate surface area is 116 Å². The Balaban J connectivity index is 1.85. The highest BCUT2D eigenvalue weighted by Crippen LogP contribution is 2.18. The molecule has 19 heavy (non-hydrogen) atoms. The van der Waals surface area contributed by atoms with E-state index in [2.05, 4.69) is 0 Å². The SMILES string of the molecule is O=C(O)c1ccccc1CSCC(=O)N1CCCC1. The number of hydrogen-bond acceptors (Lipinski definition) is 3.